The van der Waals surface area contributed by atoms with E-state index in [4.69, 9.17) is 0 Å². The Morgan fingerprint density at radius 1 is 1.30 bits per heavy atom. The van der Waals surface area contributed by atoms with Crippen LogP contribution in [0.3, 0.4) is 0 Å². The van der Waals surface area contributed by atoms with Crippen LogP contribution in [0.4, 0.5) is 0 Å². The summed E-state index contributed by atoms with van der Waals surface area (Å²) in [6, 6.07) is 0. The highest BCUT2D eigenvalue weighted by atomic mass is 32.2. The van der Waals surface area contributed by atoms with E-state index in [0.29, 0.717) is 13.1 Å². The van der Waals surface area contributed by atoms with Gasteiger partial charge >= 0.3 is 0 Å². The maximum Gasteiger partial charge on any atom is 0.281 e. The average Bonchev–Trinajstić information content (AvgIpc) is 1.57. The molecule has 10 heavy (non-hydrogen) atoms. The third-order valence-corrected chi connectivity index (χ3v) is 3.54. The van der Waals surface area contributed by atoms with Gasteiger partial charge in [0, 0.05) is 27.2 Å². The molecule has 0 aromatic heterocycles. The van der Waals surface area contributed by atoms with Crippen LogP contribution in [0, 0.1) is 0 Å². The zero-order valence-electron chi connectivity index (χ0n) is 6.24. The van der Waals surface area contributed by atoms with Crippen molar-refractivity contribution in [3.63, 3.8) is 0 Å². The van der Waals surface area contributed by atoms with Crippen LogP contribution in [0.25, 0.3) is 0 Å². The van der Waals surface area contributed by atoms with E-state index in [0.717, 1.165) is 6.42 Å². The van der Waals surface area contributed by atoms with Crippen molar-refractivity contribution in [3.05, 3.63) is 0 Å². The summed E-state index contributed by atoms with van der Waals surface area (Å²) in [5, 5.41) is 0. The summed E-state index contributed by atoms with van der Waals surface area (Å²) < 4.78 is 25.0. The maximum atomic E-state index is 11.2. The minimum atomic E-state index is -3.07. The molecule has 0 saturated carbocycles. The van der Waals surface area contributed by atoms with Crippen molar-refractivity contribution in [2.75, 3.05) is 27.2 Å². The Balaban J connectivity index is 2.68. The molecule has 0 aliphatic carbocycles. The first-order valence-corrected chi connectivity index (χ1v) is 4.62. The lowest BCUT2D eigenvalue weighted by Gasteiger charge is -2.31. The molecule has 0 N–H and O–H groups in total. The second kappa shape index (κ2) is 2.48. The molecule has 5 heteroatoms. The zero-order valence-corrected chi connectivity index (χ0v) is 7.06. The first-order chi connectivity index (χ1) is 4.55. The van der Waals surface area contributed by atoms with Crippen LogP contribution in [0.2, 0.25) is 0 Å². The van der Waals surface area contributed by atoms with Gasteiger partial charge in [0.2, 0.25) is 0 Å². The van der Waals surface area contributed by atoms with Crippen molar-refractivity contribution in [2.24, 2.45) is 0 Å². The van der Waals surface area contributed by atoms with E-state index in [2.05, 4.69) is 0 Å². The summed E-state index contributed by atoms with van der Waals surface area (Å²) in [5.41, 5.74) is 0. The van der Waals surface area contributed by atoms with Gasteiger partial charge in [0.25, 0.3) is 10.2 Å². The lowest BCUT2D eigenvalue weighted by Crippen LogP contribution is -2.47. The summed E-state index contributed by atoms with van der Waals surface area (Å²) in [5.74, 6) is 0. The first-order valence-electron chi connectivity index (χ1n) is 3.23. The monoisotopic (exact) mass is 164 g/mol. The quantitative estimate of drug-likeness (QED) is 0.552. The van der Waals surface area contributed by atoms with Crippen molar-refractivity contribution >= 4 is 10.2 Å². The molecule has 0 bridgehead atoms. The fourth-order valence-corrected chi connectivity index (χ4v) is 1.93. The lowest BCUT2D eigenvalue weighted by atomic mass is 10.3. The standard InChI is InChI=1S/C5H12N2O2S/c1-6(2)10(8,9)7-4-3-5-7/h3-5H2,1-2H3. The molecular weight excluding hydrogens is 152 g/mol. The normalized spacial score (nSPS) is 21.1. The molecule has 1 aliphatic heterocycles. The van der Waals surface area contributed by atoms with Gasteiger partial charge in [0.15, 0.2) is 0 Å². The highest BCUT2D eigenvalue weighted by Crippen LogP contribution is 2.13. The Kier molecular flexibility index (Phi) is 1.98. The van der Waals surface area contributed by atoms with Gasteiger partial charge in [-0.25, -0.2) is 0 Å². The predicted octanol–water partition coefficient (Wildman–Crippen LogP) is -0.501. The molecule has 0 atom stereocenters. The van der Waals surface area contributed by atoms with Crippen LogP contribution >= 0.6 is 0 Å². The maximum absolute atomic E-state index is 11.2. The van der Waals surface area contributed by atoms with E-state index >= 15 is 0 Å². The van der Waals surface area contributed by atoms with Gasteiger partial charge in [-0.2, -0.15) is 17.0 Å². The molecule has 0 aromatic carbocycles. The highest BCUT2D eigenvalue weighted by Gasteiger charge is 2.28. The second-order valence-corrected chi connectivity index (χ2v) is 4.69. The molecule has 0 aromatic rings. The Morgan fingerprint density at radius 2 is 1.80 bits per heavy atom. The third kappa shape index (κ3) is 1.16. The fourth-order valence-electron chi connectivity index (χ4n) is 0.749. The molecular formula is C5H12N2O2S. The molecule has 0 spiro atoms. The van der Waals surface area contributed by atoms with Crippen molar-refractivity contribution in [3.8, 4) is 0 Å². The van der Waals surface area contributed by atoms with E-state index in [9.17, 15) is 8.42 Å². The van der Waals surface area contributed by atoms with Crippen LogP contribution < -0.4 is 0 Å². The van der Waals surface area contributed by atoms with Gasteiger partial charge in [0.05, 0.1) is 0 Å². The summed E-state index contributed by atoms with van der Waals surface area (Å²) >= 11 is 0. The SMILES string of the molecule is CN(C)S(=O)(=O)N1CCC1. The molecule has 4 nitrogen and oxygen atoms in total. The van der Waals surface area contributed by atoms with Crippen LogP contribution in [0.5, 0.6) is 0 Å². The molecule has 0 unspecified atom stereocenters. The number of rotatable bonds is 2. The summed E-state index contributed by atoms with van der Waals surface area (Å²) in [6.45, 7) is 1.36. The van der Waals surface area contributed by atoms with Crippen LogP contribution in [0.15, 0.2) is 0 Å². The Hall–Kier alpha value is -0.130. The largest absolute Gasteiger partial charge is 0.281 e. The summed E-state index contributed by atoms with van der Waals surface area (Å²) in [6.07, 6.45) is 0.993. The molecule has 60 valence electrons. The number of nitrogens with zero attached hydrogens (tertiary/aromatic N) is 2. The molecule has 1 rings (SSSR count). The van der Waals surface area contributed by atoms with E-state index in [1.165, 1.54) is 8.61 Å². The molecule has 0 amide bonds. The highest BCUT2D eigenvalue weighted by molar-refractivity contribution is 7.86. The van der Waals surface area contributed by atoms with E-state index in [-0.39, 0.29) is 0 Å². The zero-order chi connectivity index (χ0) is 7.78. The molecule has 0 radical (unpaired) electrons. The van der Waals surface area contributed by atoms with Crippen LogP contribution in [-0.2, 0) is 10.2 Å². The smallest absolute Gasteiger partial charge is 0.195 e. The van der Waals surface area contributed by atoms with Gasteiger partial charge in [-0.05, 0) is 6.42 Å². The first kappa shape index (κ1) is 7.97. The van der Waals surface area contributed by atoms with Gasteiger partial charge in [-0.1, -0.05) is 0 Å². The summed E-state index contributed by atoms with van der Waals surface area (Å²) in [4.78, 5) is 0. The van der Waals surface area contributed by atoms with Crippen molar-refractivity contribution in [1.29, 1.82) is 0 Å². The second-order valence-electron chi connectivity index (χ2n) is 2.54. The number of hydrogen-bond acceptors (Lipinski definition) is 2. The average molecular weight is 164 g/mol. The van der Waals surface area contributed by atoms with E-state index in [1.54, 1.807) is 14.1 Å². The lowest BCUT2D eigenvalue weighted by molar-refractivity contribution is 0.289. The predicted molar refractivity (Wildman–Crippen MR) is 38.8 cm³/mol. The molecule has 1 heterocycles. The molecule has 1 saturated heterocycles. The minimum absolute atomic E-state index is 0.681. The van der Waals surface area contributed by atoms with E-state index < -0.39 is 10.2 Å². The number of hydrogen-bond donors (Lipinski definition) is 0. The summed E-state index contributed by atoms with van der Waals surface area (Å²) in [7, 11) is 0.0250. The van der Waals surface area contributed by atoms with Gasteiger partial charge < -0.3 is 0 Å². The molecule has 1 fully saturated rings. The Bertz CT molecular complexity index is 206. The van der Waals surface area contributed by atoms with Crippen LogP contribution in [0.1, 0.15) is 6.42 Å². The fraction of sp³-hybridized carbons (Fsp3) is 1.00. The van der Waals surface area contributed by atoms with Gasteiger partial charge in [0.1, 0.15) is 0 Å². The van der Waals surface area contributed by atoms with Crippen molar-refractivity contribution < 1.29 is 8.42 Å². The van der Waals surface area contributed by atoms with Crippen LogP contribution in [-0.4, -0.2) is 44.2 Å². The van der Waals surface area contributed by atoms with Gasteiger partial charge in [-0.3, -0.25) is 0 Å². The van der Waals surface area contributed by atoms with E-state index in [1.807, 2.05) is 0 Å². The Labute approximate surface area is 61.6 Å². The van der Waals surface area contributed by atoms with Crippen molar-refractivity contribution in [2.45, 2.75) is 6.42 Å². The third-order valence-electron chi connectivity index (χ3n) is 1.60. The van der Waals surface area contributed by atoms with Crippen molar-refractivity contribution in [1.82, 2.24) is 8.61 Å². The Morgan fingerprint density at radius 3 is 1.90 bits per heavy atom. The molecule has 1 aliphatic rings. The van der Waals surface area contributed by atoms with Gasteiger partial charge in [-0.15, -0.1) is 0 Å². The topological polar surface area (TPSA) is 40.6 Å². The minimum Gasteiger partial charge on any atom is -0.195 e.